The number of amides is 2. The molecule has 2 aromatic carbocycles. The quantitative estimate of drug-likeness (QED) is 0.837. The van der Waals surface area contributed by atoms with Crippen LogP contribution in [-0.4, -0.2) is 11.8 Å². The van der Waals surface area contributed by atoms with Crippen LogP contribution in [0.3, 0.4) is 0 Å². The molecule has 1 atom stereocenters. The maximum absolute atomic E-state index is 11.9. The molecule has 2 N–H and O–H groups in total. The molecule has 0 saturated heterocycles. The molecule has 0 radical (unpaired) electrons. The maximum Gasteiger partial charge on any atom is 0.313 e. The van der Waals surface area contributed by atoms with Gasteiger partial charge < -0.3 is 10.6 Å². The minimum atomic E-state index is -0.799. The van der Waals surface area contributed by atoms with Gasteiger partial charge in [0.2, 0.25) is 0 Å². The SMILES string of the molecule is C[C@@H](NC(=O)C(=O)Nc1cccc(Cl)c1Cl)c1ccccc1. The highest BCUT2D eigenvalue weighted by Gasteiger charge is 2.18. The Morgan fingerprint density at radius 1 is 0.955 bits per heavy atom. The number of rotatable bonds is 3. The van der Waals surface area contributed by atoms with Crippen molar-refractivity contribution in [3.63, 3.8) is 0 Å². The molecule has 0 unspecified atom stereocenters. The zero-order valence-corrected chi connectivity index (χ0v) is 13.3. The summed E-state index contributed by atoms with van der Waals surface area (Å²) in [5.74, 6) is -1.54. The second kappa shape index (κ2) is 7.29. The molecule has 4 nitrogen and oxygen atoms in total. The zero-order valence-electron chi connectivity index (χ0n) is 11.8. The normalized spacial score (nSPS) is 11.6. The highest BCUT2D eigenvalue weighted by Crippen LogP contribution is 2.29. The lowest BCUT2D eigenvalue weighted by Crippen LogP contribution is -2.36. The second-order valence-electron chi connectivity index (χ2n) is 4.66. The van der Waals surface area contributed by atoms with E-state index in [4.69, 9.17) is 23.2 Å². The van der Waals surface area contributed by atoms with Gasteiger partial charge in [0.25, 0.3) is 0 Å². The first-order valence-electron chi connectivity index (χ1n) is 6.60. The number of carbonyl (C=O) groups excluding carboxylic acids is 2. The number of hydrogen-bond donors (Lipinski definition) is 2. The Labute approximate surface area is 138 Å². The van der Waals surface area contributed by atoms with Crippen LogP contribution in [0, 0.1) is 0 Å². The van der Waals surface area contributed by atoms with Crippen molar-refractivity contribution in [3.8, 4) is 0 Å². The molecule has 0 aliphatic heterocycles. The van der Waals surface area contributed by atoms with Gasteiger partial charge in [-0.2, -0.15) is 0 Å². The molecule has 2 rings (SSSR count). The molecular weight excluding hydrogens is 323 g/mol. The lowest BCUT2D eigenvalue weighted by Gasteiger charge is -2.14. The third-order valence-electron chi connectivity index (χ3n) is 3.05. The van der Waals surface area contributed by atoms with Crippen LogP contribution in [0.4, 0.5) is 5.69 Å². The highest BCUT2D eigenvalue weighted by atomic mass is 35.5. The molecule has 2 aromatic rings. The maximum atomic E-state index is 11.9. The van der Waals surface area contributed by atoms with Crippen molar-refractivity contribution < 1.29 is 9.59 Å². The molecule has 0 aliphatic rings. The van der Waals surface area contributed by atoms with Crippen LogP contribution in [0.1, 0.15) is 18.5 Å². The average molecular weight is 337 g/mol. The van der Waals surface area contributed by atoms with Crippen LogP contribution in [0.15, 0.2) is 48.5 Å². The Morgan fingerprint density at radius 2 is 1.64 bits per heavy atom. The topological polar surface area (TPSA) is 58.2 Å². The van der Waals surface area contributed by atoms with Gasteiger partial charge in [0.1, 0.15) is 0 Å². The molecule has 0 heterocycles. The van der Waals surface area contributed by atoms with E-state index in [1.165, 1.54) is 0 Å². The van der Waals surface area contributed by atoms with Gasteiger partial charge in [0.05, 0.1) is 21.8 Å². The third-order valence-corrected chi connectivity index (χ3v) is 3.87. The summed E-state index contributed by atoms with van der Waals surface area (Å²) in [4.78, 5) is 23.8. The van der Waals surface area contributed by atoms with Crippen LogP contribution in [0.5, 0.6) is 0 Å². The molecule has 0 aromatic heterocycles. The fourth-order valence-corrected chi connectivity index (χ4v) is 2.21. The molecule has 22 heavy (non-hydrogen) atoms. The minimum Gasteiger partial charge on any atom is -0.341 e. The summed E-state index contributed by atoms with van der Waals surface area (Å²) in [5.41, 5.74) is 1.20. The van der Waals surface area contributed by atoms with Crippen LogP contribution in [0.25, 0.3) is 0 Å². The average Bonchev–Trinajstić information content (AvgIpc) is 2.52. The smallest absolute Gasteiger partial charge is 0.313 e. The Morgan fingerprint density at radius 3 is 2.32 bits per heavy atom. The molecule has 0 bridgehead atoms. The fourth-order valence-electron chi connectivity index (χ4n) is 1.87. The van der Waals surface area contributed by atoms with Crippen LogP contribution < -0.4 is 10.6 Å². The van der Waals surface area contributed by atoms with E-state index in [0.717, 1.165) is 5.56 Å². The summed E-state index contributed by atoms with van der Waals surface area (Å²) in [6, 6.07) is 13.9. The summed E-state index contributed by atoms with van der Waals surface area (Å²) in [6.07, 6.45) is 0. The molecule has 6 heteroatoms. The molecule has 0 spiro atoms. The molecule has 0 aliphatic carbocycles. The van der Waals surface area contributed by atoms with E-state index in [0.29, 0.717) is 10.7 Å². The molecule has 114 valence electrons. The summed E-state index contributed by atoms with van der Waals surface area (Å²) in [6.45, 7) is 1.80. The number of anilines is 1. The summed E-state index contributed by atoms with van der Waals surface area (Å²) in [7, 11) is 0. The number of benzene rings is 2. The van der Waals surface area contributed by atoms with E-state index in [2.05, 4.69) is 10.6 Å². The Hall–Kier alpha value is -2.04. The lowest BCUT2D eigenvalue weighted by atomic mass is 10.1. The van der Waals surface area contributed by atoms with Gasteiger partial charge in [0, 0.05) is 0 Å². The van der Waals surface area contributed by atoms with Crippen molar-refractivity contribution in [1.29, 1.82) is 0 Å². The number of nitrogens with one attached hydrogen (secondary N) is 2. The minimum absolute atomic E-state index is 0.196. The first-order valence-corrected chi connectivity index (χ1v) is 7.35. The zero-order chi connectivity index (χ0) is 16.1. The monoisotopic (exact) mass is 336 g/mol. The Bertz CT molecular complexity index is 690. The van der Waals surface area contributed by atoms with E-state index in [-0.39, 0.29) is 11.1 Å². The van der Waals surface area contributed by atoms with E-state index in [1.807, 2.05) is 30.3 Å². The standard InChI is InChI=1S/C16H14Cl2N2O2/c1-10(11-6-3-2-4-7-11)19-15(21)16(22)20-13-9-5-8-12(17)14(13)18/h2-10H,1H3,(H,19,21)(H,20,22)/t10-/m1/s1. The predicted molar refractivity (Wildman–Crippen MR) is 88.1 cm³/mol. The first kappa shape index (κ1) is 16.3. The Kier molecular flexibility index (Phi) is 5.41. The van der Waals surface area contributed by atoms with Crippen LogP contribution in [-0.2, 0) is 9.59 Å². The summed E-state index contributed by atoms with van der Waals surface area (Å²) in [5, 5.41) is 5.56. The third kappa shape index (κ3) is 4.00. The van der Waals surface area contributed by atoms with Crippen molar-refractivity contribution in [2.45, 2.75) is 13.0 Å². The van der Waals surface area contributed by atoms with Crippen LogP contribution >= 0.6 is 23.2 Å². The van der Waals surface area contributed by atoms with Crippen molar-refractivity contribution in [3.05, 3.63) is 64.1 Å². The predicted octanol–water partition coefficient (Wildman–Crippen LogP) is 3.81. The largest absolute Gasteiger partial charge is 0.341 e. The Balaban J connectivity index is 2.01. The first-order chi connectivity index (χ1) is 10.5. The summed E-state index contributed by atoms with van der Waals surface area (Å²) < 4.78 is 0. The van der Waals surface area contributed by atoms with Crippen molar-refractivity contribution in [2.75, 3.05) is 5.32 Å². The highest BCUT2D eigenvalue weighted by molar-refractivity contribution is 6.45. The van der Waals surface area contributed by atoms with Gasteiger partial charge in [-0.15, -0.1) is 0 Å². The molecule has 0 saturated carbocycles. The molecular formula is C16H14Cl2N2O2. The number of halogens is 2. The van der Waals surface area contributed by atoms with E-state index >= 15 is 0 Å². The van der Waals surface area contributed by atoms with Gasteiger partial charge in [-0.1, -0.05) is 59.6 Å². The van der Waals surface area contributed by atoms with Gasteiger partial charge in [0.15, 0.2) is 0 Å². The fraction of sp³-hybridized carbons (Fsp3) is 0.125. The van der Waals surface area contributed by atoms with E-state index in [9.17, 15) is 9.59 Å². The van der Waals surface area contributed by atoms with Crippen LogP contribution in [0.2, 0.25) is 10.0 Å². The number of hydrogen-bond acceptors (Lipinski definition) is 2. The van der Waals surface area contributed by atoms with Crippen molar-refractivity contribution in [2.24, 2.45) is 0 Å². The summed E-state index contributed by atoms with van der Waals surface area (Å²) >= 11 is 11.8. The van der Waals surface area contributed by atoms with Gasteiger partial charge in [-0.05, 0) is 24.6 Å². The van der Waals surface area contributed by atoms with Crippen molar-refractivity contribution >= 4 is 40.7 Å². The van der Waals surface area contributed by atoms with Gasteiger partial charge in [-0.25, -0.2) is 0 Å². The van der Waals surface area contributed by atoms with Gasteiger partial charge >= 0.3 is 11.8 Å². The van der Waals surface area contributed by atoms with Crippen molar-refractivity contribution in [1.82, 2.24) is 5.32 Å². The van der Waals surface area contributed by atoms with E-state index < -0.39 is 11.8 Å². The lowest BCUT2D eigenvalue weighted by molar-refractivity contribution is -0.136. The van der Waals surface area contributed by atoms with Gasteiger partial charge in [-0.3, -0.25) is 9.59 Å². The second-order valence-corrected chi connectivity index (χ2v) is 5.45. The number of carbonyl (C=O) groups is 2. The van der Waals surface area contributed by atoms with E-state index in [1.54, 1.807) is 25.1 Å². The molecule has 0 fully saturated rings. The molecule has 2 amide bonds.